The van der Waals surface area contributed by atoms with Crippen LogP contribution in [0.15, 0.2) is 10.8 Å². The van der Waals surface area contributed by atoms with E-state index < -0.39 is 0 Å². The van der Waals surface area contributed by atoms with Gasteiger partial charge in [0.15, 0.2) is 5.16 Å². The lowest BCUT2D eigenvalue weighted by atomic mass is 10.8. The Balaban J connectivity index is 3.04. The van der Waals surface area contributed by atoms with E-state index in [9.17, 15) is 0 Å². The largest absolute Gasteiger partial charge is 0.356 e. The van der Waals surface area contributed by atoms with Gasteiger partial charge in [-0.3, -0.25) is 0 Å². The van der Waals surface area contributed by atoms with Crippen molar-refractivity contribution in [3.63, 3.8) is 0 Å². The minimum Gasteiger partial charge on any atom is -0.356 e. The monoisotopic (exact) mass is 101 g/mol. The fraction of sp³-hybridized carbons (Fsp3) is 0. The Morgan fingerprint density at radius 3 is 2.71 bits per heavy atom. The molecule has 5 heteroatoms. The molecule has 0 saturated carbocycles. The van der Waals surface area contributed by atoms with E-state index in [-0.39, 0.29) is 5.82 Å². The van der Waals surface area contributed by atoms with Crippen LogP contribution in [0.1, 0.15) is 0 Å². The van der Waals surface area contributed by atoms with Gasteiger partial charge in [-0.15, -0.1) is 0 Å². The Morgan fingerprint density at radius 1 is 1.86 bits per heavy atom. The molecule has 0 atom stereocenters. The molecule has 0 radical (unpaired) electrons. The summed E-state index contributed by atoms with van der Waals surface area (Å²) in [4.78, 5) is 0.926. The van der Waals surface area contributed by atoms with Gasteiger partial charge in [-0.2, -0.15) is 0 Å². The maximum absolute atomic E-state index is 5.07. The Labute approximate surface area is 39.4 Å². The lowest BCUT2D eigenvalue weighted by Gasteiger charge is -1.63. The van der Waals surface area contributed by atoms with Gasteiger partial charge in [0.2, 0.25) is 6.20 Å². The topological polar surface area (TPSA) is 82.0 Å². The van der Waals surface area contributed by atoms with Crippen molar-refractivity contribution in [3.8, 4) is 0 Å². The van der Waals surface area contributed by atoms with Gasteiger partial charge in [0.1, 0.15) is 0 Å². The van der Waals surface area contributed by atoms with Crippen molar-refractivity contribution >= 4 is 5.82 Å². The molecule has 0 fully saturated rings. The van der Waals surface area contributed by atoms with E-state index in [1.165, 1.54) is 6.20 Å². The van der Waals surface area contributed by atoms with Crippen molar-refractivity contribution < 1.29 is 9.48 Å². The molecule has 4 N–H and O–H groups in total. The van der Waals surface area contributed by atoms with E-state index in [0.29, 0.717) is 0 Å². The average molecular weight is 101 g/mol. The molecule has 0 aromatic carbocycles. The van der Waals surface area contributed by atoms with Crippen LogP contribution in [0, 0.1) is 0 Å². The van der Waals surface area contributed by atoms with Gasteiger partial charge in [0.25, 0.3) is 0 Å². The number of nitrogens with two attached hydrogens (primary N) is 2. The Morgan fingerprint density at radius 2 is 2.57 bits per heavy atom. The Bertz CT molecular complexity index is 142. The lowest BCUT2D eigenvalue weighted by molar-refractivity contribution is -0.828. The number of aromatic nitrogens is 2. The number of rotatable bonds is 0. The smallest absolute Gasteiger partial charge is 0.333 e. The molecule has 0 saturated heterocycles. The summed E-state index contributed by atoms with van der Waals surface area (Å²) in [6, 6.07) is 0. The maximum Gasteiger partial charge on any atom is 0.333 e. The van der Waals surface area contributed by atoms with Crippen LogP contribution < -0.4 is 16.4 Å². The summed E-state index contributed by atoms with van der Waals surface area (Å²) in [5, 5.41) is 3.26. The minimum atomic E-state index is 0.280. The van der Waals surface area contributed by atoms with Crippen LogP contribution in [0.2, 0.25) is 0 Å². The van der Waals surface area contributed by atoms with Gasteiger partial charge in [0.05, 0.1) is 0 Å². The van der Waals surface area contributed by atoms with Gasteiger partial charge in [-0.1, -0.05) is 4.63 Å². The summed E-state index contributed by atoms with van der Waals surface area (Å²) in [6.45, 7) is 0. The van der Waals surface area contributed by atoms with Crippen LogP contribution >= 0.6 is 0 Å². The molecule has 0 bridgehead atoms. The van der Waals surface area contributed by atoms with Crippen molar-refractivity contribution in [1.29, 1.82) is 0 Å². The minimum absolute atomic E-state index is 0.280. The second-order valence-corrected chi connectivity index (χ2v) is 1.09. The molecule has 1 heterocycles. The summed E-state index contributed by atoms with van der Waals surface area (Å²) in [5.41, 5.74) is 5.07. The maximum atomic E-state index is 5.07. The first-order valence-corrected chi connectivity index (χ1v) is 1.68. The van der Waals surface area contributed by atoms with Crippen molar-refractivity contribution in [2.45, 2.75) is 0 Å². The van der Waals surface area contributed by atoms with Crippen molar-refractivity contribution in [1.82, 2.24) is 5.16 Å². The third-order valence-electron chi connectivity index (χ3n) is 0.500. The standard InChI is InChI=1S/C2H5N4O/c3-2-1-6(4)7-5-2/h1H,4H2,(H2,3,5)/q+1. The number of nitrogens with zero attached hydrogens (tertiary/aromatic N) is 2. The van der Waals surface area contributed by atoms with E-state index in [0.717, 1.165) is 4.85 Å². The number of anilines is 1. The molecule has 1 rings (SSSR count). The highest BCUT2D eigenvalue weighted by Crippen LogP contribution is 1.81. The summed E-state index contributed by atoms with van der Waals surface area (Å²) in [5.74, 6) is 5.27. The molecule has 7 heavy (non-hydrogen) atoms. The third-order valence-corrected chi connectivity index (χ3v) is 0.500. The molecule has 38 valence electrons. The van der Waals surface area contributed by atoms with Crippen LogP contribution in [0.3, 0.4) is 0 Å². The van der Waals surface area contributed by atoms with Crippen molar-refractivity contribution in [2.75, 3.05) is 11.6 Å². The molecule has 5 nitrogen and oxygen atoms in total. The highest BCUT2D eigenvalue weighted by molar-refractivity contribution is 5.15. The Hall–Kier alpha value is -1.26. The molecule has 0 spiro atoms. The Kier molecular flexibility index (Phi) is 0.619. The summed E-state index contributed by atoms with van der Waals surface area (Å²) >= 11 is 0. The van der Waals surface area contributed by atoms with Gasteiger partial charge >= 0.3 is 5.82 Å². The normalized spacial score (nSPS) is 9.14. The fourth-order valence-electron chi connectivity index (χ4n) is 0.272. The zero-order chi connectivity index (χ0) is 5.28. The first-order chi connectivity index (χ1) is 3.29. The summed E-state index contributed by atoms with van der Waals surface area (Å²) < 4.78 is 4.28. The SMILES string of the molecule is Nc1c[n+](N)on1. The fourth-order valence-corrected chi connectivity index (χ4v) is 0.272. The molecule has 0 unspecified atom stereocenters. The zero-order valence-electron chi connectivity index (χ0n) is 3.53. The summed E-state index contributed by atoms with van der Waals surface area (Å²) in [7, 11) is 0. The summed E-state index contributed by atoms with van der Waals surface area (Å²) in [6.07, 6.45) is 1.36. The number of nitrogen functional groups attached to an aromatic ring is 2. The first kappa shape index (κ1) is 3.91. The van der Waals surface area contributed by atoms with Gasteiger partial charge in [-0.25, -0.2) is 5.84 Å². The molecule has 0 aliphatic rings. The van der Waals surface area contributed by atoms with Crippen LogP contribution in [-0.2, 0) is 0 Å². The molecule has 0 amide bonds. The second kappa shape index (κ2) is 1.11. The number of hydrogen-bond acceptors (Lipinski definition) is 4. The molecule has 1 aromatic heterocycles. The third kappa shape index (κ3) is 0.594. The van der Waals surface area contributed by atoms with E-state index in [1.54, 1.807) is 0 Å². The molecule has 0 aliphatic carbocycles. The zero-order valence-corrected chi connectivity index (χ0v) is 3.53. The lowest BCUT2D eigenvalue weighted by Crippen LogP contribution is -2.41. The predicted octanol–water partition coefficient (Wildman–Crippen LogP) is -1.74. The highest BCUT2D eigenvalue weighted by Gasteiger charge is 2.00. The molecule has 1 aromatic rings. The average Bonchev–Trinajstić information content (AvgIpc) is 1.87. The van der Waals surface area contributed by atoms with E-state index in [4.69, 9.17) is 11.6 Å². The highest BCUT2D eigenvalue weighted by atomic mass is 16.6. The van der Waals surface area contributed by atoms with Gasteiger partial charge < -0.3 is 5.73 Å². The van der Waals surface area contributed by atoms with Crippen molar-refractivity contribution in [3.05, 3.63) is 6.20 Å². The first-order valence-electron chi connectivity index (χ1n) is 1.68. The van der Waals surface area contributed by atoms with Gasteiger partial charge in [-0.05, 0) is 0 Å². The number of hydrogen-bond donors (Lipinski definition) is 2. The molecule has 0 aliphatic heterocycles. The molecular weight excluding hydrogens is 96.0 g/mol. The van der Waals surface area contributed by atoms with Crippen molar-refractivity contribution in [2.24, 2.45) is 0 Å². The van der Waals surface area contributed by atoms with E-state index >= 15 is 0 Å². The van der Waals surface area contributed by atoms with Crippen LogP contribution in [0.4, 0.5) is 5.82 Å². The van der Waals surface area contributed by atoms with E-state index in [1.807, 2.05) is 0 Å². The van der Waals surface area contributed by atoms with Gasteiger partial charge in [0, 0.05) is 4.85 Å². The van der Waals surface area contributed by atoms with Crippen LogP contribution in [0.25, 0.3) is 0 Å². The predicted molar refractivity (Wildman–Crippen MR) is 21.3 cm³/mol. The van der Waals surface area contributed by atoms with Crippen LogP contribution in [0.5, 0.6) is 0 Å². The second-order valence-electron chi connectivity index (χ2n) is 1.09. The molecular formula is C2H5N4O+. The quantitative estimate of drug-likeness (QED) is 0.300. The van der Waals surface area contributed by atoms with Crippen LogP contribution in [-0.4, -0.2) is 5.16 Å². The van der Waals surface area contributed by atoms with E-state index in [2.05, 4.69) is 9.79 Å².